The molecular formula is C19H30N3O15P. The minimum atomic E-state index is -5.43. The summed E-state index contributed by atoms with van der Waals surface area (Å²) < 4.78 is 32.7. The van der Waals surface area contributed by atoms with Gasteiger partial charge in [0.05, 0.1) is 19.3 Å². The first-order chi connectivity index (χ1) is 17.6. The molecule has 0 saturated carbocycles. The van der Waals surface area contributed by atoms with Crippen LogP contribution in [0.15, 0.2) is 29.7 Å². The number of phosphoric acid groups is 1. The number of phosphoric ester groups is 1. The maximum Gasteiger partial charge on any atom is 0.475 e. The van der Waals surface area contributed by atoms with Gasteiger partial charge in [0.25, 0.3) is 5.79 Å². The number of amidine groups is 1. The molecule has 3 unspecified atom stereocenters. The number of aliphatic hydroxyl groups is 7. The Morgan fingerprint density at radius 1 is 1.29 bits per heavy atom. The number of nitrogens with zero attached hydrogens (tertiary/aromatic N) is 2. The van der Waals surface area contributed by atoms with Crippen molar-refractivity contribution in [2.45, 2.75) is 67.3 Å². The topological polar surface area (TPSA) is 295 Å². The third-order valence-corrected chi connectivity index (χ3v) is 7.02. The number of aliphatic hydroxyl groups excluding tert-OH is 7. The molecule has 0 spiro atoms. The SMILES string of the molecule is C=C1N=C(N)C=CN1[C@@H]1O[C@H](COP(=O)(O)O[C@@]2(C(=O)O)C[C@@H](O)[C@@H](O)C([C@H](O)[C@H](O)CO)O2)C(O)[C@@H]1O. The fraction of sp³-hybridized carbons (Fsp3) is 0.684. The van der Waals surface area contributed by atoms with Gasteiger partial charge in [0.15, 0.2) is 6.23 Å². The summed E-state index contributed by atoms with van der Waals surface area (Å²) in [5.41, 5.74) is 5.55. The summed E-state index contributed by atoms with van der Waals surface area (Å²) in [5.74, 6) is -5.07. The highest BCUT2D eigenvalue weighted by molar-refractivity contribution is 7.47. The van der Waals surface area contributed by atoms with Crippen molar-refractivity contribution in [1.82, 2.24) is 4.90 Å². The quantitative estimate of drug-likeness (QED) is 0.110. The van der Waals surface area contributed by atoms with Crippen molar-refractivity contribution in [2.75, 3.05) is 13.2 Å². The number of hydrogen-bond donors (Lipinski definition) is 10. The molecule has 0 aromatic carbocycles. The highest BCUT2D eigenvalue weighted by Gasteiger charge is 2.58. The van der Waals surface area contributed by atoms with Crippen LogP contribution in [0.1, 0.15) is 6.42 Å². The molecule has 0 radical (unpaired) electrons. The zero-order valence-electron chi connectivity index (χ0n) is 19.6. The average molecular weight is 571 g/mol. The predicted molar refractivity (Wildman–Crippen MR) is 120 cm³/mol. The van der Waals surface area contributed by atoms with Crippen molar-refractivity contribution >= 4 is 19.6 Å². The Labute approximate surface area is 214 Å². The van der Waals surface area contributed by atoms with Crippen LogP contribution in [0.5, 0.6) is 0 Å². The van der Waals surface area contributed by atoms with E-state index in [9.17, 15) is 50.0 Å². The van der Waals surface area contributed by atoms with Crippen molar-refractivity contribution in [1.29, 1.82) is 0 Å². The molecule has 2 fully saturated rings. The van der Waals surface area contributed by atoms with Crippen LogP contribution in [0.4, 0.5) is 0 Å². The van der Waals surface area contributed by atoms with Crippen molar-refractivity contribution in [3.63, 3.8) is 0 Å². The largest absolute Gasteiger partial charge is 0.477 e. The lowest BCUT2D eigenvalue weighted by atomic mass is 9.91. The van der Waals surface area contributed by atoms with E-state index in [-0.39, 0.29) is 11.7 Å². The second-order valence-electron chi connectivity index (χ2n) is 8.72. The Morgan fingerprint density at radius 3 is 2.53 bits per heavy atom. The third kappa shape index (κ3) is 6.23. The molecule has 11 atom stereocenters. The van der Waals surface area contributed by atoms with Crippen LogP contribution >= 0.6 is 7.82 Å². The van der Waals surface area contributed by atoms with Crippen LogP contribution < -0.4 is 5.73 Å². The molecule has 2 saturated heterocycles. The number of ether oxygens (including phenoxy) is 2. The number of nitrogens with two attached hydrogens (primary N) is 1. The molecule has 3 aliphatic heterocycles. The van der Waals surface area contributed by atoms with Gasteiger partial charge in [-0.25, -0.2) is 18.9 Å². The Kier molecular flexibility index (Phi) is 9.32. The van der Waals surface area contributed by atoms with Crippen LogP contribution in [0, 0.1) is 0 Å². The van der Waals surface area contributed by atoms with Crippen LogP contribution in [-0.2, 0) is 27.9 Å². The maximum absolute atomic E-state index is 12.7. The van der Waals surface area contributed by atoms with E-state index >= 15 is 0 Å². The van der Waals surface area contributed by atoms with Gasteiger partial charge < -0.3 is 65.9 Å². The van der Waals surface area contributed by atoms with Gasteiger partial charge in [0, 0.05) is 12.6 Å². The molecule has 0 bridgehead atoms. The number of rotatable bonds is 10. The first-order valence-corrected chi connectivity index (χ1v) is 12.6. The molecule has 18 nitrogen and oxygen atoms in total. The van der Waals surface area contributed by atoms with Crippen LogP contribution in [-0.4, -0.2) is 137 Å². The first-order valence-electron chi connectivity index (χ1n) is 11.1. The van der Waals surface area contributed by atoms with Gasteiger partial charge in [-0.3, -0.25) is 4.52 Å². The molecule has 38 heavy (non-hydrogen) atoms. The van der Waals surface area contributed by atoms with Gasteiger partial charge in [-0.15, -0.1) is 0 Å². The Morgan fingerprint density at radius 2 is 1.95 bits per heavy atom. The molecule has 3 aliphatic rings. The van der Waals surface area contributed by atoms with Gasteiger partial charge in [-0.1, -0.05) is 6.58 Å². The second-order valence-corrected chi connectivity index (χ2v) is 10.1. The Bertz CT molecular complexity index is 1010. The van der Waals surface area contributed by atoms with E-state index in [1.54, 1.807) is 0 Å². The number of carboxylic acids is 1. The third-order valence-electron chi connectivity index (χ3n) is 6.02. The van der Waals surface area contributed by atoms with Crippen molar-refractivity contribution in [3.05, 3.63) is 24.7 Å². The highest BCUT2D eigenvalue weighted by atomic mass is 31.2. The number of aliphatic carboxylic acids is 1. The zero-order valence-corrected chi connectivity index (χ0v) is 20.5. The molecule has 19 heteroatoms. The normalized spacial score (nSPS) is 38.9. The highest BCUT2D eigenvalue weighted by Crippen LogP contribution is 2.51. The monoisotopic (exact) mass is 571 g/mol. The fourth-order valence-electron chi connectivity index (χ4n) is 3.98. The summed E-state index contributed by atoms with van der Waals surface area (Å²) in [5, 5.41) is 79.4. The standard InChI is InChI=1S/C19H30N3O15P/c1-7-21-11(20)2-3-22(7)17-15(29)14(28)10(35-17)6-34-38(32,33)37-19(18(30)31)4-8(24)12(26)16(36-19)13(27)9(25)5-23/h2-3,8-10,12-17,23-29H,1,4-6H2,(H2,20,21)(H,30,31)(H,32,33)/t8-,9-,10-,12-,13-,14?,15+,16?,17-,19-/m1/s1. The van der Waals surface area contributed by atoms with E-state index < -0.39 is 94.3 Å². The molecular weight excluding hydrogens is 541 g/mol. The number of carboxylic acid groups (broad SMARTS) is 1. The van der Waals surface area contributed by atoms with Crippen molar-refractivity contribution < 1.29 is 73.6 Å². The number of carbonyl (C=O) groups is 1. The second kappa shape index (κ2) is 11.6. The van der Waals surface area contributed by atoms with Crippen molar-refractivity contribution in [2.24, 2.45) is 10.7 Å². The minimum Gasteiger partial charge on any atom is -0.477 e. The Balaban J connectivity index is 1.71. The summed E-state index contributed by atoms with van der Waals surface area (Å²) in [6.07, 6.45) is -14.5. The summed E-state index contributed by atoms with van der Waals surface area (Å²) >= 11 is 0. The molecule has 0 aromatic rings. The van der Waals surface area contributed by atoms with E-state index in [0.717, 1.165) is 0 Å². The van der Waals surface area contributed by atoms with Crippen LogP contribution in [0.3, 0.4) is 0 Å². The smallest absolute Gasteiger partial charge is 0.475 e. The summed E-state index contributed by atoms with van der Waals surface area (Å²) in [6.45, 7) is 1.68. The Hall–Kier alpha value is -2.03. The van der Waals surface area contributed by atoms with Gasteiger partial charge in [0.1, 0.15) is 54.4 Å². The average Bonchev–Trinajstić information content (AvgIpc) is 3.12. The van der Waals surface area contributed by atoms with Gasteiger partial charge in [-0.05, 0) is 6.08 Å². The van der Waals surface area contributed by atoms with E-state index in [4.69, 9.17) is 29.4 Å². The van der Waals surface area contributed by atoms with E-state index in [1.165, 1.54) is 17.2 Å². The number of aliphatic imine (C=N–C) groups is 1. The van der Waals surface area contributed by atoms with Crippen LogP contribution in [0.25, 0.3) is 0 Å². The summed E-state index contributed by atoms with van der Waals surface area (Å²) in [4.78, 5) is 27.3. The summed E-state index contributed by atoms with van der Waals surface area (Å²) in [6, 6.07) is 0. The molecule has 0 aromatic heterocycles. The number of hydrogen-bond acceptors (Lipinski definition) is 16. The van der Waals surface area contributed by atoms with E-state index in [2.05, 4.69) is 11.6 Å². The van der Waals surface area contributed by atoms with E-state index in [0.29, 0.717) is 0 Å². The lowest BCUT2D eigenvalue weighted by molar-refractivity contribution is -0.307. The van der Waals surface area contributed by atoms with Gasteiger partial charge >= 0.3 is 13.8 Å². The lowest BCUT2D eigenvalue weighted by Gasteiger charge is -2.44. The van der Waals surface area contributed by atoms with Gasteiger partial charge in [-0.2, -0.15) is 0 Å². The molecule has 0 aliphatic carbocycles. The van der Waals surface area contributed by atoms with E-state index in [1.807, 2.05) is 0 Å². The van der Waals surface area contributed by atoms with Gasteiger partial charge in [0.2, 0.25) is 0 Å². The first kappa shape index (κ1) is 30.5. The zero-order chi connectivity index (χ0) is 28.6. The summed E-state index contributed by atoms with van der Waals surface area (Å²) in [7, 11) is -5.43. The lowest BCUT2D eigenvalue weighted by Crippen LogP contribution is -2.63. The molecule has 216 valence electrons. The molecule has 3 heterocycles. The maximum atomic E-state index is 12.7. The van der Waals surface area contributed by atoms with Crippen LogP contribution in [0.2, 0.25) is 0 Å². The van der Waals surface area contributed by atoms with Crippen molar-refractivity contribution in [3.8, 4) is 0 Å². The molecule has 11 N–H and O–H groups in total. The fourth-order valence-corrected chi connectivity index (χ4v) is 4.94. The minimum absolute atomic E-state index is 0.0561. The predicted octanol–water partition coefficient (Wildman–Crippen LogP) is -4.77. The molecule has 0 amide bonds. The molecule has 3 rings (SSSR count).